The Kier molecular flexibility index (Phi) is 5.74. The number of pyridine rings is 1. The van der Waals surface area contributed by atoms with E-state index in [-0.39, 0.29) is 5.41 Å². The molecule has 4 aromatic rings. The van der Waals surface area contributed by atoms with Gasteiger partial charge in [-0.15, -0.1) is 4.72 Å². The summed E-state index contributed by atoms with van der Waals surface area (Å²) in [5, 5.41) is 4.06. The van der Waals surface area contributed by atoms with Crippen LogP contribution in [0.25, 0.3) is 32.8 Å². The van der Waals surface area contributed by atoms with Gasteiger partial charge < -0.3 is 9.12 Å². The van der Waals surface area contributed by atoms with E-state index in [9.17, 15) is 4.55 Å². The molecule has 0 aliphatic heterocycles. The third-order valence-corrected chi connectivity index (χ3v) is 7.67. The molecule has 5 heteroatoms. The van der Waals surface area contributed by atoms with E-state index in [0.29, 0.717) is 5.25 Å². The number of hydrogen-bond donors (Lipinski definition) is 1. The van der Waals surface area contributed by atoms with Crippen LogP contribution in [0.1, 0.15) is 39.2 Å². The fourth-order valence-electron chi connectivity index (χ4n) is 4.47. The number of nitrogens with zero attached hydrogens (tertiary/aromatic N) is 2. The van der Waals surface area contributed by atoms with Crippen LogP contribution in [-0.4, -0.2) is 25.9 Å². The first-order valence-corrected chi connectivity index (χ1v) is 12.7. The Morgan fingerprint density at radius 2 is 1.97 bits per heavy atom. The predicted octanol–water partition coefficient (Wildman–Crippen LogP) is 5.86. The minimum absolute atomic E-state index is 0.199. The first kappa shape index (κ1) is 21.5. The van der Waals surface area contributed by atoms with Crippen LogP contribution in [0.15, 0.2) is 61.1 Å². The number of aromatic nitrogens is 2. The fraction of sp³-hybridized carbons (Fsp3) is 0.370. The highest BCUT2D eigenvalue weighted by Gasteiger charge is 2.34. The number of hydrogen-bond acceptors (Lipinski definition) is 3. The minimum atomic E-state index is -0.888. The molecule has 0 radical (unpaired) electrons. The lowest BCUT2D eigenvalue weighted by Crippen LogP contribution is -2.30. The molecular formula is C27H31N3OS. The van der Waals surface area contributed by atoms with Crippen molar-refractivity contribution in [2.75, 3.05) is 6.54 Å². The van der Waals surface area contributed by atoms with Gasteiger partial charge in [0.25, 0.3) is 0 Å². The highest BCUT2D eigenvalue weighted by atomic mass is 32.2. The van der Waals surface area contributed by atoms with E-state index in [4.69, 9.17) is 0 Å². The maximum atomic E-state index is 12.1. The van der Waals surface area contributed by atoms with Gasteiger partial charge in [-0.05, 0) is 52.1 Å². The summed E-state index contributed by atoms with van der Waals surface area (Å²) in [7, 11) is 0. The molecule has 2 heterocycles. The number of rotatable bonds is 7. The van der Waals surface area contributed by atoms with Gasteiger partial charge in [-0.25, -0.2) is 0 Å². The fourth-order valence-corrected chi connectivity index (χ4v) is 5.56. The highest BCUT2D eigenvalue weighted by Crippen LogP contribution is 2.34. The van der Waals surface area contributed by atoms with Crippen LogP contribution in [0, 0.1) is 5.41 Å². The second-order valence-electron chi connectivity index (χ2n) is 10.1. The maximum Gasteiger partial charge on any atom is 0.135 e. The predicted molar refractivity (Wildman–Crippen MR) is 135 cm³/mol. The molecule has 5 rings (SSSR count). The molecule has 1 fully saturated rings. The molecule has 1 N–H and O–H groups in total. The summed E-state index contributed by atoms with van der Waals surface area (Å²) < 4.78 is 17.7. The molecule has 2 aromatic carbocycles. The second-order valence-corrected chi connectivity index (χ2v) is 11.7. The van der Waals surface area contributed by atoms with Crippen LogP contribution < -0.4 is 4.72 Å². The lowest BCUT2D eigenvalue weighted by molar-refractivity contribution is 0.412. The van der Waals surface area contributed by atoms with E-state index in [0.717, 1.165) is 32.4 Å². The molecule has 0 spiro atoms. The second kappa shape index (κ2) is 8.54. The lowest BCUT2D eigenvalue weighted by atomic mass is 9.87. The Balaban J connectivity index is 1.52. The molecule has 0 amide bonds. The van der Waals surface area contributed by atoms with E-state index in [2.05, 4.69) is 83.7 Å². The van der Waals surface area contributed by atoms with Crippen molar-refractivity contribution in [1.82, 2.24) is 14.3 Å². The third-order valence-electron chi connectivity index (χ3n) is 6.10. The molecule has 166 valence electrons. The Hall–Kier alpha value is -2.34. The smallest absolute Gasteiger partial charge is 0.135 e. The van der Waals surface area contributed by atoms with Gasteiger partial charge in [0, 0.05) is 65.6 Å². The van der Waals surface area contributed by atoms with Gasteiger partial charge in [-0.2, -0.15) is 0 Å². The van der Waals surface area contributed by atoms with Crippen molar-refractivity contribution in [2.24, 2.45) is 5.41 Å². The van der Waals surface area contributed by atoms with Crippen LogP contribution >= 0.6 is 0 Å². The normalized spacial score (nSPS) is 15.5. The van der Waals surface area contributed by atoms with Crippen molar-refractivity contribution in [1.29, 1.82) is 0 Å². The maximum absolute atomic E-state index is 12.1. The van der Waals surface area contributed by atoms with Crippen LogP contribution in [0.2, 0.25) is 0 Å². The number of nitrogens with one attached hydrogen (secondary N) is 1. The first-order valence-electron chi connectivity index (χ1n) is 11.5. The average molecular weight is 446 g/mol. The molecule has 0 bridgehead atoms. The Morgan fingerprint density at radius 3 is 2.75 bits per heavy atom. The van der Waals surface area contributed by atoms with Crippen molar-refractivity contribution in [2.45, 2.75) is 51.8 Å². The standard InChI is InChI=1S/C27H31N3OS/c1-27(2,3)16-21-18-30(14-13-29-32(31)22-8-9-22)26-10-7-20(15-24(21)26)23-6-4-5-19-11-12-28-17-25(19)23/h4-7,10-12,15,17-18,22,29H,8-9,13-14,16H2,1-3H3. The van der Waals surface area contributed by atoms with E-state index in [1.165, 1.54) is 38.4 Å². The van der Waals surface area contributed by atoms with Crippen molar-refractivity contribution in [3.05, 3.63) is 66.6 Å². The Bertz CT molecular complexity index is 1250. The number of fused-ring (bicyclic) bond motifs is 2. The Labute approximate surface area is 193 Å². The molecule has 1 aliphatic carbocycles. The van der Waals surface area contributed by atoms with Gasteiger partial charge >= 0.3 is 0 Å². The van der Waals surface area contributed by atoms with Crippen LogP contribution in [-0.2, 0) is 24.3 Å². The third kappa shape index (κ3) is 4.56. The van der Waals surface area contributed by atoms with Gasteiger partial charge in [-0.3, -0.25) is 4.98 Å². The van der Waals surface area contributed by atoms with Crippen molar-refractivity contribution in [3.8, 4) is 11.1 Å². The summed E-state index contributed by atoms with van der Waals surface area (Å²) in [6.07, 6.45) is 9.30. The highest BCUT2D eigenvalue weighted by molar-refractivity contribution is 7.90. The van der Waals surface area contributed by atoms with Crippen LogP contribution in [0.3, 0.4) is 0 Å². The topological polar surface area (TPSA) is 52.9 Å². The molecule has 1 atom stereocenters. The molecule has 1 unspecified atom stereocenters. The quantitative estimate of drug-likeness (QED) is 0.363. The summed E-state index contributed by atoms with van der Waals surface area (Å²) >= 11 is -0.888. The van der Waals surface area contributed by atoms with E-state index < -0.39 is 11.4 Å². The molecule has 2 aromatic heterocycles. The Morgan fingerprint density at radius 1 is 1.12 bits per heavy atom. The minimum Gasteiger partial charge on any atom is -0.598 e. The zero-order chi connectivity index (χ0) is 22.3. The van der Waals surface area contributed by atoms with Gasteiger partial charge in [0.15, 0.2) is 0 Å². The molecule has 0 saturated heterocycles. The van der Waals surface area contributed by atoms with E-state index in [1.54, 1.807) is 0 Å². The van der Waals surface area contributed by atoms with E-state index in [1.807, 2.05) is 12.4 Å². The van der Waals surface area contributed by atoms with Gasteiger partial charge in [0.1, 0.15) is 5.25 Å². The molecule has 32 heavy (non-hydrogen) atoms. The molecule has 1 aliphatic rings. The summed E-state index contributed by atoms with van der Waals surface area (Å²) in [5.41, 5.74) is 5.25. The summed E-state index contributed by atoms with van der Waals surface area (Å²) in [6, 6.07) is 15.3. The largest absolute Gasteiger partial charge is 0.598 e. The average Bonchev–Trinajstić information content (AvgIpc) is 3.57. The van der Waals surface area contributed by atoms with Gasteiger partial charge in [0.2, 0.25) is 0 Å². The lowest BCUT2D eigenvalue weighted by Gasteiger charge is -2.17. The first-order chi connectivity index (χ1) is 15.4. The summed E-state index contributed by atoms with van der Waals surface area (Å²) in [6.45, 7) is 8.40. The molecule has 4 nitrogen and oxygen atoms in total. The van der Waals surface area contributed by atoms with Gasteiger partial charge in [-0.1, -0.05) is 45.0 Å². The SMILES string of the molecule is CC(C)(C)Cc1cn(CCN[S+]([O-])C2CC2)c2ccc(-c3cccc4ccncc34)cc12. The molecule has 1 saturated carbocycles. The summed E-state index contributed by atoms with van der Waals surface area (Å²) in [5.74, 6) is 0. The van der Waals surface area contributed by atoms with Crippen LogP contribution in [0.5, 0.6) is 0 Å². The van der Waals surface area contributed by atoms with Crippen molar-refractivity contribution in [3.63, 3.8) is 0 Å². The monoisotopic (exact) mass is 445 g/mol. The van der Waals surface area contributed by atoms with Crippen LogP contribution in [0.4, 0.5) is 0 Å². The van der Waals surface area contributed by atoms with Crippen molar-refractivity contribution < 1.29 is 4.55 Å². The van der Waals surface area contributed by atoms with Gasteiger partial charge in [0.05, 0.1) is 6.54 Å². The van der Waals surface area contributed by atoms with E-state index >= 15 is 0 Å². The number of benzene rings is 2. The summed E-state index contributed by atoms with van der Waals surface area (Å²) in [4.78, 5) is 4.36. The zero-order valence-corrected chi connectivity index (χ0v) is 19.9. The zero-order valence-electron chi connectivity index (χ0n) is 19.1. The molecular weight excluding hydrogens is 414 g/mol. The van der Waals surface area contributed by atoms with Crippen molar-refractivity contribution >= 4 is 33.0 Å².